The molecule has 0 aliphatic carbocycles. The SMILES string of the molecule is CCN(C(=O)CN1C(=O)NC(CC)(c2ccc(Cl)cc2)C1=O)c1ccccc1. The van der Waals surface area contributed by atoms with Gasteiger partial charge in [-0.15, -0.1) is 0 Å². The van der Waals surface area contributed by atoms with Crippen LogP contribution in [0.4, 0.5) is 10.5 Å². The number of carbonyl (C=O) groups excluding carboxylic acids is 3. The molecule has 0 bridgehead atoms. The summed E-state index contributed by atoms with van der Waals surface area (Å²) in [5, 5.41) is 3.32. The first-order valence-corrected chi connectivity index (χ1v) is 9.56. The van der Waals surface area contributed by atoms with Crippen molar-refractivity contribution < 1.29 is 14.4 Å². The van der Waals surface area contributed by atoms with Gasteiger partial charge in [0, 0.05) is 17.3 Å². The first kappa shape index (κ1) is 19.9. The first-order chi connectivity index (χ1) is 13.4. The third-order valence-corrected chi connectivity index (χ3v) is 5.27. The molecule has 2 aromatic carbocycles. The topological polar surface area (TPSA) is 69.7 Å². The molecule has 1 atom stereocenters. The number of hydrogen-bond acceptors (Lipinski definition) is 3. The molecular formula is C21H22ClN3O3. The number of para-hydroxylation sites is 1. The van der Waals surface area contributed by atoms with Crippen LogP contribution in [-0.2, 0) is 15.1 Å². The minimum atomic E-state index is -1.19. The summed E-state index contributed by atoms with van der Waals surface area (Å²) in [5.41, 5.74) is 0.177. The molecule has 3 rings (SSSR count). The molecule has 6 nitrogen and oxygen atoms in total. The highest BCUT2D eigenvalue weighted by molar-refractivity contribution is 6.30. The van der Waals surface area contributed by atoms with Crippen molar-refractivity contribution in [1.82, 2.24) is 10.2 Å². The molecular weight excluding hydrogens is 378 g/mol. The van der Waals surface area contributed by atoms with E-state index in [0.29, 0.717) is 23.6 Å². The van der Waals surface area contributed by atoms with E-state index in [1.807, 2.05) is 44.2 Å². The highest BCUT2D eigenvalue weighted by Gasteiger charge is 2.51. The molecule has 0 spiro atoms. The number of anilines is 1. The van der Waals surface area contributed by atoms with Gasteiger partial charge >= 0.3 is 6.03 Å². The van der Waals surface area contributed by atoms with E-state index in [1.54, 1.807) is 29.2 Å². The van der Waals surface area contributed by atoms with Crippen LogP contribution in [0.5, 0.6) is 0 Å². The second kappa shape index (κ2) is 8.02. The molecule has 0 radical (unpaired) electrons. The van der Waals surface area contributed by atoms with Crippen molar-refractivity contribution in [2.75, 3.05) is 18.0 Å². The maximum absolute atomic E-state index is 13.2. The molecule has 146 valence electrons. The van der Waals surface area contributed by atoms with Gasteiger partial charge in [0.25, 0.3) is 5.91 Å². The molecule has 1 N–H and O–H groups in total. The number of nitrogens with zero attached hydrogens (tertiary/aromatic N) is 2. The number of carbonyl (C=O) groups is 3. The average molecular weight is 400 g/mol. The highest BCUT2D eigenvalue weighted by atomic mass is 35.5. The Morgan fingerprint density at radius 1 is 1.07 bits per heavy atom. The normalized spacial score (nSPS) is 18.9. The standard InChI is InChI=1S/C21H22ClN3O3/c1-3-21(15-10-12-16(22)13-11-15)19(27)25(20(28)23-21)14-18(26)24(4-2)17-8-6-5-7-9-17/h5-13H,3-4,14H2,1-2H3,(H,23,28). The van der Waals surface area contributed by atoms with Crippen molar-refractivity contribution in [2.45, 2.75) is 25.8 Å². The van der Waals surface area contributed by atoms with Crippen molar-refractivity contribution in [3.63, 3.8) is 0 Å². The monoisotopic (exact) mass is 399 g/mol. The van der Waals surface area contributed by atoms with Gasteiger partial charge in [0.1, 0.15) is 12.1 Å². The molecule has 1 saturated heterocycles. The summed E-state index contributed by atoms with van der Waals surface area (Å²) in [6.07, 6.45) is 0.361. The molecule has 1 aliphatic rings. The first-order valence-electron chi connectivity index (χ1n) is 9.18. The number of likely N-dealkylation sites (N-methyl/N-ethyl adjacent to an activating group) is 1. The molecule has 1 unspecified atom stereocenters. The molecule has 1 heterocycles. The van der Waals surface area contributed by atoms with Crippen molar-refractivity contribution in [3.8, 4) is 0 Å². The van der Waals surface area contributed by atoms with Crippen molar-refractivity contribution in [3.05, 3.63) is 65.2 Å². The fraction of sp³-hybridized carbons (Fsp3) is 0.286. The Morgan fingerprint density at radius 2 is 1.71 bits per heavy atom. The van der Waals surface area contributed by atoms with Crippen LogP contribution in [0.25, 0.3) is 0 Å². The van der Waals surface area contributed by atoms with Gasteiger partial charge in [-0.1, -0.05) is 48.9 Å². The Balaban J connectivity index is 1.85. The molecule has 7 heteroatoms. The number of hydrogen-bond donors (Lipinski definition) is 1. The number of rotatable bonds is 6. The predicted molar refractivity (Wildman–Crippen MR) is 108 cm³/mol. The zero-order valence-corrected chi connectivity index (χ0v) is 16.6. The number of benzene rings is 2. The van der Waals surface area contributed by atoms with Gasteiger partial charge in [0.05, 0.1) is 0 Å². The summed E-state index contributed by atoms with van der Waals surface area (Å²) in [6.45, 7) is 3.78. The molecule has 28 heavy (non-hydrogen) atoms. The van der Waals surface area contributed by atoms with Crippen molar-refractivity contribution in [1.29, 1.82) is 0 Å². The van der Waals surface area contributed by atoms with Crippen molar-refractivity contribution >= 4 is 35.1 Å². The van der Waals surface area contributed by atoms with Gasteiger partial charge in [-0.2, -0.15) is 0 Å². The number of urea groups is 1. The highest BCUT2D eigenvalue weighted by Crippen LogP contribution is 2.33. The van der Waals surface area contributed by atoms with Gasteiger partial charge in [0.15, 0.2) is 0 Å². The lowest BCUT2D eigenvalue weighted by Gasteiger charge is -2.26. The van der Waals surface area contributed by atoms with Crippen LogP contribution in [0.2, 0.25) is 5.02 Å². The van der Waals surface area contributed by atoms with Gasteiger partial charge < -0.3 is 10.2 Å². The van der Waals surface area contributed by atoms with Crippen molar-refractivity contribution in [2.24, 2.45) is 0 Å². The third-order valence-electron chi connectivity index (χ3n) is 5.02. The Bertz CT molecular complexity index is 886. The van der Waals surface area contributed by atoms with Crippen LogP contribution in [0.1, 0.15) is 25.8 Å². The lowest BCUT2D eigenvalue weighted by Crippen LogP contribution is -2.45. The van der Waals surface area contributed by atoms with E-state index >= 15 is 0 Å². The maximum atomic E-state index is 13.2. The fourth-order valence-corrected chi connectivity index (χ4v) is 3.60. The van der Waals surface area contributed by atoms with E-state index in [0.717, 1.165) is 10.6 Å². The van der Waals surface area contributed by atoms with E-state index in [4.69, 9.17) is 11.6 Å². The summed E-state index contributed by atoms with van der Waals surface area (Å²) >= 11 is 5.95. The van der Waals surface area contributed by atoms with Gasteiger partial charge in [-0.3, -0.25) is 14.5 Å². The Hall–Kier alpha value is -2.86. The summed E-state index contributed by atoms with van der Waals surface area (Å²) in [5.74, 6) is -0.750. The third kappa shape index (κ3) is 3.47. The van der Waals surface area contributed by atoms with E-state index in [9.17, 15) is 14.4 Å². The minimum Gasteiger partial charge on any atom is -0.319 e. The molecule has 1 aliphatic heterocycles. The summed E-state index contributed by atoms with van der Waals surface area (Å²) in [7, 11) is 0. The second-order valence-corrected chi connectivity index (χ2v) is 7.00. The van der Waals surface area contributed by atoms with E-state index in [2.05, 4.69) is 5.32 Å². The van der Waals surface area contributed by atoms with Crippen LogP contribution in [0, 0.1) is 0 Å². The second-order valence-electron chi connectivity index (χ2n) is 6.56. The molecule has 4 amide bonds. The van der Waals surface area contributed by atoms with Gasteiger partial charge in [-0.05, 0) is 43.2 Å². The lowest BCUT2D eigenvalue weighted by molar-refractivity contribution is -0.134. The zero-order chi connectivity index (χ0) is 20.3. The fourth-order valence-electron chi connectivity index (χ4n) is 3.47. The summed E-state index contributed by atoms with van der Waals surface area (Å²) in [6, 6.07) is 15.4. The largest absolute Gasteiger partial charge is 0.325 e. The summed E-state index contributed by atoms with van der Waals surface area (Å²) in [4.78, 5) is 41.1. The lowest BCUT2D eigenvalue weighted by atomic mass is 9.87. The van der Waals surface area contributed by atoms with Crippen LogP contribution in [-0.4, -0.2) is 35.8 Å². The number of imide groups is 1. The molecule has 2 aromatic rings. The van der Waals surface area contributed by atoms with Crippen LogP contribution in [0.3, 0.4) is 0 Å². The molecule has 1 fully saturated rings. The van der Waals surface area contributed by atoms with Crippen LogP contribution >= 0.6 is 11.6 Å². The molecule has 0 aromatic heterocycles. The Kier molecular flexibility index (Phi) is 5.70. The van der Waals surface area contributed by atoms with E-state index in [-0.39, 0.29) is 12.5 Å². The zero-order valence-electron chi connectivity index (χ0n) is 15.8. The van der Waals surface area contributed by atoms with E-state index < -0.39 is 17.5 Å². The van der Waals surface area contributed by atoms with Gasteiger partial charge in [0.2, 0.25) is 5.91 Å². The molecule has 0 saturated carbocycles. The van der Waals surface area contributed by atoms with Gasteiger partial charge in [-0.25, -0.2) is 4.79 Å². The van der Waals surface area contributed by atoms with Crippen LogP contribution < -0.4 is 10.2 Å². The number of nitrogens with one attached hydrogen (secondary N) is 1. The average Bonchev–Trinajstić information content (AvgIpc) is 2.95. The predicted octanol–water partition coefficient (Wildman–Crippen LogP) is 3.55. The van der Waals surface area contributed by atoms with E-state index in [1.165, 1.54) is 0 Å². The quantitative estimate of drug-likeness (QED) is 0.755. The number of halogens is 1. The maximum Gasteiger partial charge on any atom is 0.325 e. The smallest absolute Gasteiger partial charge is 0.319 e. The Labute approximate surface area is 169 Å². The minimum absolute atomic E-state index is 0.317. The number of amides is 4. The Morgan fingerprint density at radius 3 is 2.29 bits per heavy atom. The summed E-state index contributed by atoms with van der Waals surface area (Å²) < 4.78 is 0. The van der Waals surface area contributed by atoms with Crippen LogP contribution in [0.15, 0.2) is 54.6 Å².